The molecule has 0 unspecified atom stereocenters. The van der Waals surface area contributed by atoms with E-state index in [1.54, 1.807) is 40.0 Å². The second-order valence-electron chi connectivity index (χ2n) is 10.6. The molecule has 5 N–H and O–H groups in total. The number of nitrogens with two attached hydrogens (primary N) is 1. The Labute approximate surface area is 242 Å². The van der Waals surface area contributed by atoms with Gasteiger partial charge >= 0.3 is 12.0 Å². The minimum Gasteiger partial charge on any atom is -0.458 e. The van der Waals surface area contributed by atoms with Gasteiger partial charge < -0.3 is 26.4 Å². The average Bonchev–Trinajstić information content (AvgIpc) is 3.34. The quantitative estimate of drug-likeness (QED) is 0.151. The highest BCUT2D eigenvalue weighted by Gasteiger charge is 2.22. The van der Waals surface area contributed by atoms with Crippen LogP contribution in [0, 0.1) is 6.92 Å². The zero-order chi connectivity index (χ0) is 29.7. The Hall–Kier alpha value is -4.70. The second-order valence-corrected chi connectivity index (χ2v) is 11.5. The van der Waals surface area contributed by atoms with Crippen LogP contribution in [0.15, 0.2) is 66.2 Å². The van der Waals surface area contributed by atoms with E-state index in [-0.39, 0.29) is 6.03 Å². The van der Waals surface area contributed by atoms with E-state index in [2.05, 4.69) is 20.9 Å². The van der Waals surface area contributed by atoms with Crippen molar-refractivity contribution >= 4 is 62.6 Å². The molecule has 2 aromatic carbocycles. The molecule has 3 amide bonds. The van der Waals surface area contributed by atoms with Gasteiger partial charge in [-0.3, -0.25) is 4.79 Å². The van der Waals surface area contributed by atoms with Gasteiger partial charge in [-0.2, -0.15) is 0 Å². The molecule has 0 bridgehead atoms. The van der Waals surface area contributed by atoms with E-state index in [0.29, 0.717) is 17.2 Å². The Morgan fingerprint density at radius 1 is 1.05 bits per heavy atom. The number of nitrogen functional groups attached to an aromatic ring is 1. The smallest absolute Gasteiger partial charge is 0.328 e. The molecule has 0 aliphatic rings. The van der Waals surface area contributed by atoms with Gasteiger partial charge in [-0.05, 0) is 81.5 Å². The second kappa shape index (κ2) is 12.2. The number of nitrogens with one attached hydrogen (secondary N) is 3. The number of hydrogen-bond donors (Lipinski definition) is 4. The topological polar surface area (TPSA) is 135 Å². The van der Waals surface area contributed by atoms with E-state index in [9.17, 15) is 14.4 Å². The van der Waals surface area contributed by atoms with E-state index in [1.165, 1.54) is 17.4 Å². The summed E-state index contributed by atoms with van der Waals surface area (Å²) >= 11 is 1.49. The van der Waals surface area contributed by atoms with Crippen molar-refractivity contribution in [3.05, 3.63) is 77.3 Å². The highest BCUT2D eigenvalue weighted by Crippen LogP contribution is 2.39. The summed E-state index contributed by atoms with van der Waals surface area (Å²) in [7, 11) is 0. The van der Waals surface area contributed by atoms with Crippen LogP contribution in [0.2, 0.25) is 0 Å². The van der Waals surface area contributed by atoms with Crippen molar-refractivity contribution in [1.29, 1.82) is 0 Å². The normalized spacial score (nSPS) is 12.2. The Bertz CT molecular complexity index is 1620. The Kier molecular flexibility index (Phi) is 8.73. The lowest BCUT2D eigenvalue weighted by Crippen LogP contribution is -2.41. The van der Waals surface area contributed by atoms with Gasteiger partial charge in [-0.15, -0.1) is 11.3 Å². The number of rotatable bonds is 7. The molecule has 4 aromatic rings. The molecule has 0 aliphatic carbocycles. The molecule has 0 spiro atoms. The van der Waals surface area contributed by atoms with Crippen LogP contribution in [0.25, 0.3) is 27.3 Å². The fraction of sp³-hybridized carbons (Fsp3) is 0.226. The molecule has 0 radical (unpaired) electrons. The standard InChI is InChI=1S/C31H33N5O4S/c1-18-7-6-8-23(15-18)36-30(39)35-22-12-9-20(10-13-22)24-17-41-27-21(16-33-28(32)26(24)27)11-14-25(37)34-19(2)29(38)40-31(3,4)5/h6-17,19H,1-5H3,(H2,32,33)(H,34,37)(H2,35,36,39)/b14-11+/t19-/m1/s1. The van der Waals surface area contributed by atoms with Crippen molar-refractivity contribution in [3.8, 4) is 11.1 Å². The molecule has 2 aromatic heterocycles. The number of esters is 1. The van der Waals surface area contributed by atoms with Gasteiger partial charge in [0.05, 0.1) is 0 Å². The molecule has 41 heavy (non-hydrogen) atoms. The minimum atomic E-state index is -0.796. The van der Waals surface area contributed by atoms with Gasteiger partial charge in [0.1, 0.15) is 17.5 Å². The number of amides is 3. The fourth-order valence-electron chi connectivity index (χ4n) is 4.04. The molecule has 0 saturated heterocycles. The molecular weight excluding hydrogens is 538 g/mol. The van der Waals surface area contributed by atoms with Crippen molar-refractivity contribution in [1.82, 2.24) is 10.3 Å². The largest absolute Gasteiger partial charge is 0.458 e. The van der Waals surface area contributed by atoms with Crippen molar-refractivity contribution in [2.75, 3.05) is 16.4 Å². The molecule has 4 rings (SSSR count). The van der Waals surface area contributed by atoms with Crippen LogP contribution in [-0.2, 0) is 14.3 Å². The number of hydrogen-bond acceptors (Lipinski definition) is 7. The fourth-order valence-corrected chi connectivity index (χ4v) is 5.12. The maximum absolute atomic E-state index is 12.5. The zero-order valence-corrected chi connectivity index (χ0v) is 24.4. The zero-order valence-electron chi connectivity index (χ0n) is 23.6. The van der Waals surface area contributed by atoms with Crippen LogP contribution in [0.4, 0.5) is 22.0 Å². The van der Waals surface area contributed by atoms with Gasteiger partial charge in [0.15, 0.2) is 0 Å². The summed E-state index contributed by atoms with van der Waals surface area (Å²) in [6.07, 6.45) is 4.61. The number of urea groups is 1. The molecule has 0 fully saturated rings. The van der Waals surface area contributed by atoms with E-state index in [4.69, 9.17) is 10.5 Å². The van der Waals surface area contributed by atoms with Crippen molar-refractivity contribution in [3.63, 3.8) is 0 Å². The van der Waals surface area contributed by atoms with Crippen molar-refractivity contribution < 1.29 is 19.1 Å². The van der Waals surface area contributed by atoms with Crippen LogP contribution < -0.4 is 21.7 Å². The van der Waals surface area contributed by atoms with E-state index in [0.717, 1.165) is 32.3 Å². The van der Waals surface area contributed by atoms with Crippen LogP contribution >= 0.6 is 11.3 Å². The first kappa shape index (κ1) is 29.3. The predicted molar refractivity (Wildman–Crippen MR) is 166 cm³/mol. The van der Waals surface area contributed by atoms with Gasteiger partial charge in [0.2, 0.25) is 5.91 Å². The molecule has 0 saturated carbocycles. The van der Waals surface area contributed by atoms with Gasteiger partial charge in [-0.25, -0.2) is 14.6 Å². The average molecular weight is 572 g/mol. The van der Waals surface area contributed by atoms with E-state index >= 15 is 0 Å². The van der Waals surface area contributed by atoms with Crippen molar-refractivity contribution in [2.45, 2.75) is 46.3 Å². The highest BCUT2D eigenvalue weighted by atomic mass is 32.1. The van der Waals surface area contributed by atoms with Gasteiger partial charge in [-0.1, -0.05) is 24.3 Å². The third kappa shape index (κ3) is 7.70. The Balaban J connectivity index is 1.46. The Morgan fingerprint density at radius 2 is 1.76 bits per heavy atom. The van der Waals surface area contributed by atoms with Crippen LogP contribution in [-0.4, -0.2) is 34.5 Å². The molecule has 2 heterocycles. The summed E-state index contributed by atoms with van der Waals surface area (Å²) in [5.74, 6) is -0.567. The molecule has 212 valence electrons. The number of fused-ring (bicyclic) bond motifs is 1. The monoisotopic (exact) mass is 571 g/mol. The van der Waals surface area contributed by atoms with E-state index in [1.807, 2.05) is 60.8 Å². The third-order valence-corrected chi connectivity index (χ3v) is 6.94. The first-order valence-electron chi connectivity index (χ1n) is 13.0. The summed E-state index contributed by atoms with van der Waals surface area (Å²) in [5, 5.41) is 11.0. The molecule has 10 heteroatoms. The minimum absolute atomic E-state index is 0.335. The highest BCUT2D eigenvalue weighted by molar-refractivity contribution is 7.18. The number of carbonyl (C=O) groups is 3. The SMILES string of the molecule is Cc1cccc(NC(=O)Nc2ccc(-c3csc4c(/C=C/C(=O)N[C@H](C)C(=O)OC(C)(C)C)cnc(N)c34)cc2)c1. The summed E-state index contributed by atoms with van der Waals surface area (Å²) < 4.78 is 6.18. The molecule has 9 nitrogen and oxygen atoms in total. The van der Waals surface area contributed by atoms with E-state index < -0.39 is 23.5 Å². The lowest BCUT2D eigenvalue weighted by molar-refractivity contribution is -0.157. The molecular formula is C31H33N5O4S. The maximum Gasteiger partial charge on any atom is 0.328 e. The number of aromatic nitrogens is 1. The summed E-state index contributed by atoms with van der Waals surface area (Å²) in [4.78, 5) is 41.4. The number of nitrogens with zero attached hydrogens (tertiary/aromatic N) is 1. The van der Waals surface area contributed by atoms with Crippen molar-refractivity contribution in [2.24, 2.45) is 0 Å². The number of benzene rings is 2. The Morgan fingerprint density at radius 3 is 2.44 bits per heavy atom. The molecule has 0 aliphatic heterocycles. The number of thiophene rings is 1. The first-order chi connectivity index (χ1) is 19.4. The van der Waals surface area contributed by atoms with Gasteiger partial charge in [0, 0.05) is 44.9 Å². The summed E-state index contributed by atoms with van der Waals surface area (Å²) in [5.41, 5.74) is 10.5. The number of pyridine rings is 1. The summed E-state index contributed by atoms with van der Waals surface area (Å²) in [6, 6.07) is 13.9. The molecule has 1 atom stereocenters. The number of aryl methyl sites for hydroxylation is 1. The van der Waals surface area contributed by atoms with Crippen LogP contribution in [0.3, 0.4) is 0 Å². The maximum atomic E-state index is 12.5. The third-order valence-electron chi connectivity index (χ3n) is 5.92. The lowest BCUT2D eigenvalue weighted by Gasteiger charge is -2.22. The number of ether oxygens (including phenoxy) is 1. The lowest BCUT2D eigenvalue weighted by atomic mass is 10.0. The first-order valence-corrected chi connectivity index (χ1v) is 13.9. The summed E-state index contributed by atoms with van der Waals surface area (Å²) in [6.45, 7) is 8.85. The van der Waals surface area contributed by atoms with Crippen LogP contribution in [0.5, 0.6) is 0 Å². The predicted octanol–water partition coefficient (Wildman–Crippen LogP) is 6.36. The number of anilines is 3. The number of carbonyl (C=O) groups excluding carboxylic acids is 3. The van der Waals surface area contributed by atoms with Gasteiger partial charge in [0.25, 0.3) is 0 Å². The van der Waals surface area contributed by atoms with Crippen LogP contribution in [0.1, 0.15) is 38.8 Å².